The first-order valence-corrected chi connectivity index (χ1v) is 7.92. The summed E-state index contributed by atoms with van der Waals surface area (Å²) >= 11 is 0. The second-order valence-corrected chi connectivity index (χ2v) is 7.01. The van der Waals surface area contributed by atoms with E-state index < -0.39 is 0 Å². The van der Waals surface area contributed by atoms with Gasteiger partial charge in [0.05, 0.1) is 6.10 Å². The molecule has 3 rings (SSSR count). The maximum atomic E-state index is 10.4. The predicted octanol–water partition coefficient (Wildman–Crippen LogP) is 4.14. The van der Waals surface area contributed by atoms with Gasteiger partial charge in [-0.25, -0.2) is 0 Å². The molecule has 0 amide bonds. The minimum absolute atomic E-state index is 0.0734. The Hall–Kier alpha value is -0.0400. The van der Waals surface area contributed by atoms with E-state index in [0.717, 1.165) is 17.8 Å². The molecule has 0 bridgehead atoms. The summed E-state index contributed by atoms with van der Waals surface area (Å²) < 4.78 is 0. The third-order valence-corrected chi connectivity index (χ3v) is 6.44. The molecule has 0 heterocycles. The van der Waals surface area contributed by atoms with Crippen LogP contribution in [0.3, 0.4) is 0 Å². The van der Waals surface area contributed by atoms with E-state index in [4.69, 9.17) is 0 Å². The minimum Gasteiger partial charge on any atom is -0.393 e. The van der Waals surface area contributed by atoms with Crippen LogP contribution in [0, 0.1) is 23.2 Å². The Morgan fingerprint density at radius 1 is 0.941 bits per heavy atom. The summed E-state index contributed by atoms with van der Waals surface area (Å²) in [7, 11) is 0. The zero-order valence-electron chi connectivity index (χ0n) is 11.3. The van der Waals surface area contributed by atoms with Crippen molar-refractivity contribution in [1.29, 1.82) is 0 Å². The van der Waals surface area contributed by atoms with Crippen LogP contribution in [-0.4, -0.2) is 11.2 Å². The number of hydrogen-bond acceptors (Lipinski definition) is 1. The predicted molar refractivity (Wildman–Crippen MR) is 70.8 cm³/mol. The van der Waals surface area contributed by atoms with Crippen molar-refractivity contribution in [2.75, 3.05) is 0 Å². The third-order valence-electron chi connectivity index (χ3n) is 6.44. The Bertz CT molecular complexity index is 273. The van der Waals surface area contributed by atoms with E-state index in [1.807, 2.05) is 0 Å². The SMILES string of the molecule is CC(O)C12CCCCC1C1CCCCC1CC2. The average molecular weight is 236 g/mol. The Morgan fingerprint density at radius 3 is 2.53 bits per heavy atom. The molecule has 3 fully saturated rings. The molecule has 0 aromatic heterocycles. The Balaban J connectivity index is 1.86. The summed E-state index contributed by atoms with van der Waals surface area (Å²) in [5.74, 6) is 2.83. The summed E-state index contributed by atoms with van der Waals surface area (Å²) in [6, 6.07) is 0. The lowest BCUT2D eigenvalue weighted by Gasteiger charge is -2.56. The highest BCUT2D eigenvalue weighted by molar-refractivity contribution is 5.02. The summed E-state index contributed by atoms with van der Waals surface area (Å²) in [6.45, 7) is 2.07. The summed E-state index contributed by atoms with van der Waals surface area (Å²) in [4.78, 5) is 0. The molecule has 3 aliphatic rings. The normalized spacial score (nSPS) is 48.0. The van der Waals surface area contributed by atoms with Gasteiger partial charge in [-0.05, 0) is 62.2 Å². The van der Waals surface area contributed by atoms with Gasteiger partial charge in [-0.15, -0.1) is 0 Å². The highest BCUT2D eigenvalue weighted by atomic mass is 16.3. The van der Waals surface area contributed by atoms with Crippen molar-refractivity contribution in [3.8, 4) is 0 Å². The van der Waals surface area contributed by atoms with Crippen LogP contribution in [-0.2, 0) is 0 Å². The number of aliphatic hydroxyl groups is 1. The van der Waals surface area contributed by atoms with E-state index in [2.05, 4.69) is 6.92 Å². The van der Waals surface area contributed by atoms with Crippen LogP contribution in [0.25, 0.3) is 0 Å². The molecule has 3 aliphatic carbocycles. The number of rotatable bonds is 1. The lowest BCUT2D eigenvalue weighted by molar-refractivity contribution is -0.113. The molecule has 1 N–H and O–H groups in total. The first-order valence-electron chi connectivity index (χ1n) is 7.92. The zero-order valence-corrected chi connectivity index (χ0v) is 11.3. The summed E-state index contributed by atoms with van der Waals surface area (Å²) in [6.07, 6.45) is 14.0. The van der Waals surface area contributed by atoms with E-state index in [0.29, 0.717) is 5.41 Å². The van der Waals surface area contributed by atoms with E-state index in [-0.39, 0.29) is 6.10 Å². The fourth-order valence-corrected chi connectivity index (χ4v) is 5.55. The van der Waals surface area contributed by atoms with Gasteiger partial charge >= 0.3 is 0 Å². The zero-order chi connectivity index (χ0) is 11.9. The quantitative estimate of drug-likeness (QED) is 0.725. The largest absolute Gasteiger partial charge is 0.393 e. The molecule has 0 radical (unpaired) electrons. The van der Waals surface area contributed by atoms with Gasteiger partial charge in [0.15, 0.2) is 0 Å². The maximum Gasteiger partial charge on any atom is 0.0571 e. The molecule has 3 saturated carbocycles. The first-order chi connectivity index (χ1) is 8.24. The van der Waals surface area contributed by atoms with Gasteiger partial charge in [0.1, 0.15) is 0 Å². The number of hydrogen-bond donors (Lipinski definition) is 1. The van der Waals surface area contributed by atoms with Crippen molar-refractivity contribution in [1.82, 2.24) is 0 Å². The molecule has 0 spiro atoms. The minimum atomic E-state index is -0.0734. The first kappa shape index (κ1) is 12.0. The third kappa shape index (κ3) is 1.85. The fourth-order valence-electron chi connectivity index (χ4n) is 5.55. The van der Waals surface area contributed by atoms with E-state index in [1.54, 1.807) is 0 Å². The monoisotopic (exact) mass is 236 g/mol. The molecule has 17 heavy (non-hydrogen) atoms. The number of aliphatic hydroxyl groups excluding tert-OH is 1. The molecule has 0 aromatic carbocycles. The highest BCUT2D eigenvalue weighted by Crippen LogP contribution is 2.59. The Morgan fingerprint density at radius 2 is 1.71 bits per heavy atom. The molecule has 1 heteroatoms. The van der Waals surface area contributed by atoms with E-state index in [9.17, 15) is 5.11 Å². The van der Waals surface area contributed by atoms with Gasteiger partial charge in [-0.1, -0.05) is 32.1 Å². The van der Waals surface area contributed by atoms with Gasteiger partial charge in [-0.3, -0.25) is 0 Å². The molecular weight excluding hydrogens is 208 g/mol. The molecule has 0 aliphatic heterocycles. The van der Waals surface area contributed by atoms with Gasteiger partial charge < -0.3 is 5.11 Å². The molecule has 5 atom stereocenters. The Labute approximate surface area is 106 Å². The fraction of sp³-hybridized carbons (Fsp3) is 1.00. The standard InChI is InChI=1S/C16H28O/c1-12(17)16-10-5-4-8-15(16)14-7-3-2-6-13(14)9-11-16/h12-15,17H,2-11H2,1H3. The van der Waals surface area contributed by atoms with Crippen molar-refractivity contribution < 1.29 is 5.11 Å². The smallest absolute Gasteiger partial charge is 0.0571 e. The van der Waals surface area contributed by atoms with Crippen molar-refractivity contribution in [2.45, 2.75) is 77.2 Å². The van der Waals surface area contributed by atoms with Crippen LogP contribution in [0.5, 0.6) is 0 Å². The highest BCUT2D eigenvalue weighted by Gasteiger charge is 2.52. The van der Waals surface area contributed by atoms with Crippen LogP contribution >= 0.6 is 0 Å². The Kier molecular flexibility index (Phi) is 3.23. The maximum absolute atomic E-state index is 10.4. The molecule has 98 valence electrons. The average Bonchev–Trinajstić information content (AvgIpc) is 2.38. The van der Waals surface area contributed by atoms with E-state index >= 15 is 0 Å². The van der Waals surface area contributed by atoms with Crippen LogP contribution in [0.2, 0.25) is 0 Å². The van der Waals surface area contributed by atoms with Crippen molar-refractivity contribution in [3.05, 3.63) is 0 Å². The van der Waals surface area contributed by atoms with Gasteiger partial charge in [-0.2, -0.15) is 0 Å². The molecule has 5 unspecified atom stereocenters. The van der Waals surface area contributed by atoms with Crippen molar-refractivity contribution >= 4 is 0 Å². The topological polar surface area (TPSA) is 20.2 Å². The molecule has 0 saturated heterocycles. The van der Waals surface area contributed by atoms with Crippen LogP contribution in [0.1, 0.15) is 71.1 Å². The lowest BCUT2D eigenvalue weighted by atomic mass is 9.49. The number of fused-ring (bicyclic) bond motifs is 3. The van der Waals surface area contributed by atoms with Crippen LogP contribution in [0.4, 0.5) is 0 Å². The van der Waals surface area contributed by atoms with Gasteiger partial charge in [0.25, 0.3) is 0 Å². The summed E-state index contributed by atoms with van der Waals surface area (Å²) in [5.41, 5.74) is 0.316. The van der Waals surface area contributed by atoms with E-state index in [1.165, 1.54) is 64.2 Å². The molecule has 1 nitrogen and oxygen atoms in total. The van der Waals surface area contributed by atoms with Crippen molar-refractivity contribution in [3.63, 3.8) is 0 Å². The molecular formula is C16H28O. The van der Waals surface area contributed by atoms with Crippen LogP contribution in [0.15, 0.2) is 0 Å². The summed E-state index contributed by atoms with van der Waals surface area (Å²) in [5, 5.41) is 10.4. The van der Waals surface area contributed by atoms with Gasteiger partial charge in [0.2, 0.25) is 0 Å². The molecule has 0 aromatic rings. The van der Waals surface area contributed by atoms with Gasteiger partial charge in [0, 0.05) is 0 Å². The van der Waals surface area contributed by atoms with Crippen LogP contribution < -0.4 is 0 Å². The van der Waals surface area contributed by atoms with Crippen molar-refractivity contribution in [2.24, 2.45) is 23.2 Å². The lowest BCUT2D eigenvalue weighted by Crippen LogP contribution is -2.51. The second kappa shape index (κ2) is 4.57. The second-order valence-electron chi connectivity index (χ2n) is 7.01.